The van der Waals surface area contributed by atoms with Crippen LogP contribution in [-0.2, 0) is 0 Å². The van der Waals surface area contributed by atoms with Crippen LogP contribution in [0.15, 0.2) is 60.0 Å². The average Bonchev–Trinajstić information content (AvgIpc) is 3.11. The average molecular weight is 327 g/mol. The number of rotatable bonds is 2. The Hall–Kier alpha value is -2.30. The summed E-state index contributed by atoms with van der Waals surface area (Å²) in [4.78, 5) is 5.68. The van der Waals surface area contributed by atoms with Crippen LogP contribution in [0.25, 0.3) is 27.4 Å². The second-order valence-electron chi connectivity index (χ2n) is 4.87. The van der Waals surface area contributed by atoms with Gasteiger partial charge in [-0.2, -0.15) is 0 Å². The number of halogens is 1. The van der Waals surface area contributed by atoms with Gasteiger partial charge >= 0.3 is 0 Å². The summed E-state index contributed by atoms with van der Waals surface area (Å²) < 4.78 is 2.06. The van der Waals surface area contributed by atoms with E-state index in [1.165, 1.54) is 0 Å². The normalized spacial score (nSPS) is 11.1. The lowest BCUT2D eigenvalue weighted by atomic mass is 10.2. The number of phenolic OH excluding ortho intramolecular Hbond substituents is 1. The van der Waals surface area contributed by atoms with E-state index in [2.05, 4.69) is 4.57 Å². The van der Waals surface area contributed by atoms with Gasteiger partial charge in [0.1, 0.15) is 5.75 Å². The number of hydrogen-bond donors (Lipinski definition) is 1. The van der Waals surface area contributed by atoms with Gasteiger partial charge in [-0.15, -0.1) is 11.3 Å². The quantitative estimate of drug-likeness (QED) is 0.555. The minimum absolute atomic E-state index is 0.240. The highest BCUT2D eigenvalue weighted by Crippen LogP contribution is 2.36. The van der Waals surface area contributed by atoms with Crippen molar-refractivity contribution >= 4 is 34.0 Å². The van der Waals surface area contributed by atoms with Gasteiger partial charge in [-0.1, -0.05) is 23.7 Å². The molecule has 0 saturated carbocycles. The molecular weight excluding hydrogens is 316 g/mol. The Morgan fingerprint density at radius 3 is 2.50 bits per heavy atom. The Morgan fingerprint density at radius 2 is 1.77 bits per heavy atom. The van der Waals surface area contributed by atoms with Crippen molar-refractivity contribution in [1.82, 2.24) is 9.55 Å². The molecule has 0 amide bonds. The number of nitrogens with zero attached hydrogens (tertiary/aromatic N) is 2. The Balaban J connectivity index is 2.06. The molecule has 3 nitrogen and oxygen atoms in total. The first-order valence-electron chi connectivity index (χ1n) is 6.74. The molecule has 5 heteroatoms. The molecule has 2 aromatic heterocycles. The smallest absolute Gasteiger partial charge is 0.157 e. The molecule has 0 spiro atoms. The van der Waals surface area contributed by atoms with E-state index < -0.39 is 0 Å². The zero-order valence-electron chi connectivity index (χ0n) is 11.4. The molecule has 4 aromatic rings. The molecule has 2 heterocycles. The first-order chi connectivity index (χ1) is 10.7. The molecule has 0 atom stereocenters. The van der Waals surface area contributed by atoms with Crippen molar-refractivity contribution in [3.8, 4) is 22.1 Å². The molecule has 0 aliphatic rings. The van der Waals surface area contributed by atoms with E-state index in [4.69, 9.17) is 16.6 Å². The van der Waals surface area contributed by atoms with Gasteiger partial charge in [-0.05, 0) is 47.8 Å². The molecule has 108 valence electrons. The number of imidazole rings is 1. The van der Waals surface area contributed by atoms with Crippen molar-refractivity contribution < 1.29 is 5.11 Å². The van der Waals surface area contributed by atoms with Gasteiger partial charge < -0.3 is 5.11 Å². The molecule has 0 saturated heterocycles. The highest BCUT2D eigenvalue weighted by molar-refractivity contribution is 7.14. The van der Waals surface area contributed by atoms with Crippen LogP contribution in [-0.4, -0.2) is 14.7 Å². The van der Waals surface area contributed by atoms with Gasteiger partial charge in [0, 0.05) is 5.69 Å². The molecule has 0 unspecified atom stereocenters. The molecular formula is C17H11ClN2OS. The zero-order chi connectivity index (χ0) is 15.1. The number of thiophene rings is 1. The van der Waals surface area contributed by atoms with Crippen LogP contribution in [0.1, 0.15) is 0 Å². The van der Waals surface area contributed by atoms with E-state index in [0.29, 0.717) is 5.02 Å². The van der Waals surface area contributed by atoms with E-state index in [-0.39, 0.29) is 5.75 Å². The Labute approximate surface area is 136 Å². The summed E-state index contributed by atoms with van der Waals surface area (Å²) in [5, 5.41) is 12.2. The zero-order valence-corrected chi connectivity index (χ0v) is 13.0. The van der Waals surface area contributed by atoms with Gasteiger partial charge in [0.25, 0.3) is 0 Å². The number of phenols is 1. The van der Waals surface area contributed by atoms with Crippen molar-refractivity contribution in [2.24, 2.45) is 0 Å². The van der Waals surface area contributed by atoms with Crippen molar-refractivity contribution in [2.75, 3.05) is 0 Å². The largest absolute Gasteiger partial charge is 0.508 e. The summed E-state index contributed by atoms with van der Waals surface area (Å²) >= 11 is 7.87. The number of aromatic nitrogens is 2. The fourth-order valence-corrected chi connectivity index (χ4v) is 3.61. The molecule has 22 heavy (non-hydrogen) atoms. The van der Waals surface area contributed by atoms with Crippen LogP contribution in [0.4, 0.5) is 0 Å². The minimum atomic E-state index is 0.240. The molecule has 2 aromatic carbocycles. The Morgan fingerprint density at radius 1 is 1.00 bits per heavy atom. The van der Waals surface area contributed by atoms with Crippen molar-refractivity contribution in [3.63, 3.8) is 0 Å². The van der Waals surface area contributed by atoms with E-state index in [0.717, 1.165) is 27.4 Å². The van der Waals surface area contributed by atoms with Gasteiger partial charge in [0.05, 0.1) is 20.9 Å². The predicted molar refractivity (Wildman–Crippen MR) is 91.1 cm³/mol. The molecule has 0 aliphatic heterocycles. The van der Waals surface area contributed by atoms with Gasteiger partial charge in [0.2, 0.25) is 0 Å². The topological polar surface area (TPSA) is 38.0 Å². The number of benzene rings is 2. The van der Waals surface area contributed by atoms with E-state index in [1.54, 1.807) is 23.5 Å². The summed E-state index contributed by atoms with van der Waals surface area (Å²) in [5.74, 6) is 1.05. The lowest BCUT2D eigenvalue weighted by molar-refractivity contribution is 0.475. The molecule has 0 bridgehead atoms. The predicted octanol–water partition coefficient (Wildman–Crippen LogP) is 5.11. The Kier molecular flexibility index (Phi) is 3.13. The maximum absolute atomic E-state index is 9.52. The van der Waals surface area contributed by atoms with Crippen LogP contribution in [0, 0.1) is 0 Å². The second-order valence-corrected chi connectivity index (χ2v) is 6.20. The molecule has 4 rings (SSSR count). The lowest BCUT2D eigenvalue weighted by Gasteiger charge is -2.09. The molecule has 0 aliphatic carbocycles. The van der Waals surface area contributed by atoms with Crippen LogP contribution in [0.3, 0.4) is 0 Å². The third kappa shape index (κ3) is 2.08. The highest BCUT2D eigenvalue weighted by Gasteiger charge is 2.17. The Bertz CT molecular complexity index is 956. The van der Waals surface area contributed by atoms with Crippen LogP contribution in [0.2, 0.25) is 5.02 Å². The standard InChI is InChI=1S/C17H11ClN2OS/c18-13-9-10-22-16(13)17-19-14-3-1-2-4-15(14)20(17)11-5-7-12(21)8-6-11/h1-10,21H. The minimum Gasteiger partial charge on any atom is -0.508 e. The summed E-state index contributed by atoms with van der Waals surface area (Å²) in [6, 6.07) is 16.9. The first kappa shape index (κ1) is 13.4. The first-order valence-corrected chi connectivity index (χ1v) is 8.00. The van der Waals surface area contributed by atoms with Crippen LogP contribution >= 0.6 is 22.9 Å². The summed E-state index contributed by atoms with van der Waals surface area (Å²) in [7, 11) is 0. The number of aromatic hydroxyl groups is 1. The van der Waals surface area contributed by atoms with Crippen LogP contribution in [0.5, 0.6) is 5.75 Å². The third-order valence-electron chi connectivity index (χ3n) is 3.49. The van der Waals surface area contributed by atoms with Gasteiger partial charge in [-0.3, -0.25) is 4.57 Å². The van der Waals surface area contributed by atoms with Crippen molar-refractivity contribution in [3.05, 3.63) is 65.0 Å². The molecule has 0 fully saturated rings. The third-order valence-corrected chi connectivity index (χ3v) is 4.83. The van der Waals surface area contributed by atoms with E-state index in [1.807, 2.05) is 47.8 Å². The summed E-state index contributed by atoms with van der Waals surface area (Å²) in [6.45, 7) is 0. The number of para-hydroxylation sites is 2. The fourth-order valence-electron chi connectivity index (χ4n) is 2.49. The highest BCUT2D eigenvalue weighted by atomic mass is 35.5. The van der Waals surface area contributed by atoms with Crippen LogP contribution < -0.4 is 0 Å². The SMILES string of the molecule is Oc1ccc(-n2c(-c3sccc3Cl)nc3ccccc32)cc1. The lowest BCUT2D eigenvalue weighted by Crippen LogP contribution is -1.96. The monoisotopic (exact) mass is 326 g/mol. The molecule has 0 radical (unpaired) electrons. The number of hydrogen-bond acceptors (Lipinski definition) is 3. The maximum atomic E-state index is 9.52. The van der Waals surface area contributed by atoms with Crippen molar-refractivity contribution in [2.45, 2.75) is 0 Å². The fraction of sp³-hybridized carbons (Fsp3) is 0. The second kappa shape index (κ2) is 5.16. The maximum Gasteiger partial charge on any atom is 0.157 e. The van der Waals surface area contributed by atoms with Gasteiger partial charge in [-0.25, -0.2) is 4.98 Å². The van der Waals surface area contributed by atoms with Gasteiger partial charge in [0.15, 0.2) is 5.82 Å². The van der Waals surface area contributed by atoms with E-state index in [9.17, 15) is 5.11 Å². The van der Waals surface area contributed by atoms with Crippen molar-refractivity contribution in [1.29, 1.82) is 0 Å². The number of fused-ring (bicyclic) bond motifs is 1. The summed E-state index contributed by atoms with van der Waals surface area (Å²) in [5.41, 5.74) is 2.86. The van der Waals surface area contributed by atoms with E-state index >= 15 is 0 Å². The molecule has 1 N–H and O–H groups in total. The summed E-state index contributed by atoms with van der Waals surface area (Å²) in [6.07, 6.45) is 0.